The van der Waals surface area contributed by atoms with Crippen LogP contribution < -0.4 is 10.1 Å². The molecule has 2 aromatic carbocycles. The zero-order valence-corrected chi connectivity index (χ0v) is 14.8. The van der Waals surface area contributed by atoms with Gasteiger partial charge in [0.05, 0.1) is 7.11 Å². The van der Waals surface area contributed by atoms with Crippen LogP contribution in [0, 0.1) is 0 Å². The maximum atomic E-state index is 11.8. The summed E-state index contributed by atoms with van der Waals surface area (Å²) in [6, 6.07) is 14.7. The van der Waals surface area contributed by atoms with Crippen molar-refractivity contribution in [2.45, 2.75) is 4.90 Å². The number of rotatable bonds is 7. The highest BCUT2D eigenvalue weighted by Gasteiger charge is 2.06. The molecule has 2 rings (SSSR count). The number of benzene rings is 2. The van der Waals surface area contributed by atoms with Gasteiger partial charge in [-0.1, -0.05) is 18.2 Å². The van der Waals surface area contributed by atoms with Crippen LogP contribution in [0.2, 0.25) is 0 Å². The molecule has 0 aromatic heterocycles. The maximum absolute atomic E-state index is 11.8. The number of carbonyl (C=O) groups excluding carboxylic acids is 2. The lowest BCUT2D eigenvalue weighted by Gasteiger charge is -2.06. The van der Waals surface area contributed by atoms with E-state index in [1.807, 2.05) is 42.7 Å². The van der Waals surface area contributed by atoms with Gasteiger partial charge in [0.2, 0.25) is 0 Å². The van der Waals surface area contributed by atoms with Crippen molar-refractivity contribution in [3.63, 3.8) is 0 Å². The fourth-order valence-corrected chi connectivity index (χ4v) is 2.45. The number of esters is 1. The van der Waals surface area contributed by atoms with Gasteiger partial charge in [-0.15, -0.1) is 11.8 Å². The number of hydrogen-bond acceptors (Lipinski definition) is 5. The van der Waals surface area contributed by atoms with Crippen molar-refractivity contribution in [3.05, 3.63) is 60.2 Å². The van der Waals surface area contributed by atoms with E-state index in [1.54, 1.807) is 37.1 Å². The monoisotopic (exact) mass is 357 g/mol. The first-order valence-corrected chi connectivity index (χ1v) is 8.76. The molecule has 25 heavy (non-hydrogen) atoms. The van der Waals surface area contributed by atoms with Crippen LogP contribution in [-0.4, -0.2) is 31.8 Å². The minimum Gasteiger partial charge on any atom is -0.497 e. The second kappa shape index (κ2) is 9.54. The van der Waals surface area contributed by atoms with Crippen LogP contribution in [0.25, 0.3) is 6.08 Å². The average Bonchev–Trinajstić information content (AvgIpc) is 2.65. The Balaban J connectivity index is 1.82. The van der Waals surface area contributed by atoms with Gasteiger partial charge in [0.15, 0.2) is 6.61 Å². The molecule has 0 fully saturated rings. The van der Waals surface area contributed by atoms with Gasteiger partial charge < -0.3 is 14.8 Å². The van der Waals surface area contributed by atoms with E-state index in [4.69, 9.17) is 9.47 Å². The Bertz CT molecular complexity index is 774. The summed E-state index contributed by atoms with van der Waals surface area (Å²) in [7, 11) is 1.57. The molecule has 0 radical (unpaired) electrons. The van der Waals surface area contributed by atoms with Crippen LogP contribution in [0.15, 0.2) is 59.5 Å². The molecule has 2 aromatic rings. The van der Waals surface area contributed by atoms with Gasteiger partial charge in [-0.25, -0.2) is 4.79 Å². The molecule has 0 aliphatic heterocycles. The normalized spacial score (nSPS) is 10.5. The smallest absolute Gasteiger partial charge is 0.331 e. The van der Waals surface area contributed by atoms with E-state index in [1.165, 1.54) is 6.08 Å². The molecule has 0 saturated carbocycles. The zero-order chi connectivity index (χ0) is 18.1. The highest BCUT2D eigenvalue weighted by atomic mass is 32.2. The summed E-state index contributed by atoms with van der Waals surface area (Å²) >= 11 is 1.58. The van der Waals surface area contributed by atoms with Crippen molar-refractivity contribution in [1.82, 2.24) is 0 Å². The van der Waals surface area contributed by atoms with Crippen molar-refractivity contribution in [3.8, 4) is 5.75 Å². The van der Waals surface area contributed by atoms with Crippen molar-refractivity contribution in [2.24, 2.45) is 0 Å². The van der Waals surface area contributed by atoms with Gasteiger partial charge >= 0.3 is 5.97 Å². The van der Waals surface area contributed by atoms with Crippen molar-refractivity contribution in [2.75, 3.05) is 25.3 Å². The number of amides is 1. The molecule has 0 spiro atoms. The van der Waals surface area contributed by atoms with Crippen LogP contribution in [0.3, 0.4) is 0 Å². The van der Waals surface area contributed by atoms with Gasteiger partial charge in [-0.2, -0.15) is 0 Å². The van der Waals surface area contributed by atoms with Crippen LogP contribution in [0.5, 0.6) is 5.75 Å². The Labute approximate surface area is 151 Å². The number of nitrogens with one attached hydrogen (secondary N) is 1. The summed E-state index contributed by atoms with van der Waals surface area (Å²) in [5.74, 6) is -0.278. The number of carbonyl (C=O) groups is 2. The molecule has 0 aliphatic carbocycles. The van der Waals surface area contributed by atoms with E-state index in [-0.39, 0.29) is 12.5 Å². The lowest BCUT2D eigenvalue weighted by Crippen LogP contribution is -2.20. The van der Waals surface area contributed by atoms with Crippen LogP contribution in [0.1, 0.15) is 5.56 Å². The summed E-state index contributed by atoms with van der Waals surface area (Å²) < 4.78 is 10.0. The second-order valence-corrected chi connectivity index (χ2v) is 5.88. The van der Waals surface area contributed by atoms with Gasteiger partial charge in [-0.05, 0) is 48.2 Å². The SMILES string of the molecule is COc1cccc(/C=C/C(=O)OCC(=O)Nc2cccc(SC)c2)c1. The standard InChI is InChI=1S/C19H19NO4S/c1-23-16-7-3-5-14(11-16)9-10-19(22)24-13-18(21)20-15-6-4-8-17(12-15)25-2/h3-12H,13H2,1-2H3,(H,20,21)/b10-9+. The Kier molecular flexibility index (Phi) is 7.10. The third-order valence-corrected chi connectivity index (χ3v) is 3.93. The van der Waals surface area contributed by atoms with E-state index in [0.717, 1.165) is 10.5 Å². The van der Waals surface area contributed by atoms with Crippen molar-refractivity contribution in [1.29, 1.82) is 0 Å². The predicted octanol–water partition coefficient (Wildman–Crippen LogP) is 3.61. The Morgan fingerprint density at radius 3 is 2.72 bits per heavy atom. The first kappa shape index (κ1) is 18.6. The number of hydrogen-bond donors (Lipinski definition) is 1. The number of ether oxygens (including phenoxy) is 2. The molecule has 0 unspecified atom stereocenters. The molecule has 0 saturated heterocycles. The van der Waals surface area contributed by atoms with Gasteiger partial charge in [-0.3, -0.25) is 4.79 Å². The minimum atomic E-state index is -0.587. The number of thioether (sulfide) groups is 1. The average molecular weight is 357 g/mol. The molecule has 5 nitrogen and oxygen atoms in total. The third-order valence-electron chi connectivity index (χ3n) is 3.20. The summed E-state index contributed by atoms with van der Waals surface area (Å²) in [6.07, 6.45) is 4.83. The highest BCUT2D eigenvalue weighted by molar-refractivity contribution is 7.98. The lowest BCUT2D eigenvalue weighted by atomic mass is 10.2. The zero-order valence-electron chi connectivity index (χ0n) is 14.0. The summed E-state index contributed by atoms with van der Waals surface area (Å²) in [5.41, 5.74) is 1.47. The maximum Gasteiger partial charge on any atom is 0.331 e. The quantitative estimate of drug-likeness (QED) is 0.466. The largest absolute Gasteiger partial charge is 0.497 e. The fourth-order valence-electron chi connectivity index (χ4n) is 1.99. The summed E-state index contributed by atoms with van der Waals surface area (Å²) in [4.78, 5) is 24.6. The van der Waals surface area contributed by atoms with Crippen molar-refractivity contribution >= 4 is 35.4 Å². The number of methoxy groups -OCH3 is 1. The van der Waals surface area contributed by atoms with E-state index < -0.39 is 5.97 Å². The Morgan fingerprint density at radius 1 is 1.16 bits per heavy atom. The molecular weight excluding hydrogens is 338 g/mol. The topological polar surface area (TPSA) is 64.6 Å². The Morgan fingerprint density at radius 2 is 1.96 bits per heavy atom. The Hall–Kier alpha value is -2.73. The van der Waals surface area contributed by atoms with E-state index >= 15 is 0 Å². The molecule has 0 heterocycles. The van der Waals surface area contributed by atoms with E-state index in [9.17, 15) is 9.59 Å². The molecule has 1 N–H and O–H groups in total. The van der Waals surface area contributed by atoms with Crippen LogP contribution in [-0.2, 0) is 14.3 Å². The molecule has 0 atom stereocenters. The minimum absolute atomic E-state index is 0.342. The molecule has 130 valence electrons. The highest BCUT2D eigenvalue weighted by Crippen LogP contribution is 2.18. The molecule has 1 amide bonds. The summed E-state index contributed by atoms with van der Waals surface area (Å²) in [5, 5.41) is 2.69. The third kappa shape index (κ3) is 6.35. The first-order valence-electron chi connectivity index (χ1n) is 7.53. The van der Waals surface area contributed by atoms with Crippen molar-refractivity contribution < 1.29 is 19.1 Å². The van der Waals surface area contributed by atoms with Crippen LogP contribution >= 0.6 is 11.8 Å². The van der Waals surface area contributed by atoms with E-state index in [0.29, 0.717) is 11.4 Å². The van der Waals surface area contributed by atoms with Gasteiger partial charge in [0.25, 0.3) is 5.91 Å². The first-order chi connectivity index (χ1) is 12.1. The number of anilines is 1. The van der Waals surface area contributed by atoms with E-state index in [2.05, 4.69) is 5.32 Å². The van der Waals surface area contributed by atoms with Gasteiger partial charge in [0, 0.05) is 16.7 Å². The van der Waals surface area contributed by atoms with Crippen LogP contribution in [0.4, 0.5) is 5.69 Å². The summed E-state index contributed by atoms with van der Waals surface area (Å²) in [6.45, 7) is -0.342. The molecule has 0 bridgehead atoms. The molecular formula is C19H19NO4S. The lowest BCUT2D eigenvalue weighted by molar-refractivity contribution is -0.142. The van der Waals surface area contributed by atoms with Gasteiger partial charge in [0.1, 0.15) is 5.75 Å². The fraction of sp³-hybridized carbons (Fsp3) is 0.158. The predicted molar refractivity (Wildman–Crippen MR) is 99.8 cm³/mol. The second-order valence-electron chi connectivity index (χ2n) is 5.00. The molecule has 0 aliphatic rings. The molecule has 6 heteroatoms.